The number of ether oxygens (including phenoxy) is 3. The van der Waals surface area contributed by atoms with Crippen molar-refractivity contribution in [2.45, 2.75) is 6.92 Å². The Hall–Kier alpha value is -2.66. The first-order chi connectivity index (χ1) is 14.4. The highest BCUT2D eigenvalue weighted by molar-refractivity contribution is 14.1. The third-order valence-corrected chi connectivity index (χ3v) is 5.37. The lowest BCUT2D eigenvalue weighted by Crippen LogP contribution is -2.54. The maximum absolute atomic E-state index is 13.2. The van der Waals surface area contributed by atoms with Gasteiger partial charge in [-0.3, -0.25) is 14.9 Å². The second-order valence-electron chi connectivity index (χ2n) is 6.10. The van der Waals surface area contributed by atoms with E-state index in [-0.39, 0.29) is 10.7 Å². The van der Waals surface area contributed by atoms with E-state index in [1.165, 1.54) is 25.2 Å². The van der Waals surface area contributed by atoms with Gasteiger partial charge in [-0.05, 0) is 77.6 Å². The molecule has 0 bridgehead atoms. The molecule has 1 saturated heterocycles. The minimum Gasteiger partial charge on any atom is -0.495 e. The van der Waals surface area contributed by atoms with Crippen molar-refractivity contribution in [2.24, 2.45) is 0 Å². The molecule has 2 aromatic rings. The summed E-state index contributed by atoms with van der Waals surface area (Å²) in [5.41, 5.74) is 1.00. The van der Waals surface area contributed by atoms with Crippen molar-refractivity contribution >= 4 is 63.5 Å². The number of hydrogen-bond acceptors (Lipinski definition) is 6. The van der Waals surface area contributed by atoms with Crippen molar-refractivity contribution in [3.8, 4) is 17.2 Å². The first-order valence-electron chi connectivity index (χ1n) is 8.96. The van der Waals surface area contributed by atoms with E-state index < -0.39 is 11.8 Å². The molecule has 0 radical (unpaired) electrons. The molecule has 1 fully saturated rings. The number of carbonyl (C=O) groups is 2. The number of anilines is 1. The highest BCUT2D eigenvalue weighted by Crippen LogP contribution is 2.35. The van der Waals surface area contributed by atoms with Crippen LogP contribution in [-0.2, 0) is 9.59 Å². The minimum atomic E-state index is -0.570. The van der Waals surface area contributed by atoms with Gasteiger partial charge in [0.25, 0.3) is 11.8 Å². The van der Waals surface area contributed by atoms with Crippen LogP contribution in [0.3, 0.4) is 0 Å². The summed E-state index contributed by atoms with van der Waals surface area (Å²) >= 11 is 7.37. The monoisotopic (exact) mass is 538 g/mol. The molecule has 156 valence electrons. The van der Waals surface area contributed by atoms with Crippen LogP contribution in [-0.4, -0.2) is 37.8 Å². The van der Waals surface area contributed by atoms with E-state index in [1.54, 1.807) is 30.3 Å². The van der Waals surface area contributed by atoms with Gasteiger partial charge in [0.1, 0.15) is 11.3 Å². The topological polar surface area (TPSA) is 77.1 Å². The van der Waals surface area contributed by atoms with Crippen LogP contribution in [0.1, 0.15) is 12.5 Å². The first-order valence-corrected chi connectivity index (χ1v) is 10.4. The third kappa shape index (κ3) is 4.26. The van der Waals surface area contributed by atoms with E-state index in [2.05, 4.69) is 27.9 Å². The predicted molar refractivity (Wildman–Crippen MR) is 126 cm³/mol. The average molecular weight is 538 g/mol. The SMILES string of the molecule is CCOc1c(I)cc(/C=C2/C(=O)NC(=S)N(c3ccccc3OC)C2=O)cc1OC. The van der Waals surface area contributed by atoms with Gasteiger partial charge in [-0.15, -0.1) is 0 Å². The van der Waals surface area contributed by atoms with Gasteiger partial charge in [-0.2, -0.15) is 0 Å². The molecular formula is C21H19IN2O5S. The van der Waals surface area contributed by atoms with Gasteiger partial charge in [0.2, 0.25) is 0 Å². The fourth-order valence-electron chi connectivity index (χ4n) is 2.96. The van der Waals surface area contributed by atoms with Gasteiger partial charge in [0.05, 0.1) is 30.1 Å². The molecule has 0 unspecified atom stereocenters. The number of thiocarbonyl (C=S) groups is 1. The molecule has 0 aliphatic carbocycles. The van der Waals surface area contributed by atoms with Crippen LogP contribution >= 0.6 is 34.8 Å². The Morgan fingerprint density at radius 2 is 1.83 bits per heavy atom. The van der Waals surface area contributed by atoms with Crippen LogP contribution in [0.25, 0.3) is 6.08 Å². The molecule has 0 aromatic heterocycles. The molecule has 30 heavy (non-hydrogen) atoms. The van der Waals surface area contributed by atoms with Crippen LogP contribution < -0.4 is 24.4 Å². The van der Waals surface area contributed by atoms with Gasteiger partial charge in [0.15, 0.2) is 16.6 Å². The molecular weight excluding hydrogens is 519 g/mol. The summed E-state index contributed by atoms with van der Waals surface area (Å²) in [4.78, 5) is 27.0. The maximum Gasteiger partial charge on any atom is 0.270 e. The molecule has 0 spiro atoms. The van der Waals surface area contributed by atoms with Crippen LogP contribution in [0.4, 0.5) is 5.69 Å². The summed E-state index contributed by atoms with van der Waals surface area (Å²) in [5.74, 6) is 0.464. The fourth-order valence-corrected chi connectivity index (χ4v) is 4.02. The highest BCUT2D eigenvalue weighted by Gasteiger charge is 2.35. The third-order valence-electron chi connectivity index (χ3n) is 4.28. The molecule has 1 heterocycles. The van der Waals surface area contributed by atoms with E-state index in [9.17, 15) is 9.59 Å². The number of carbonyl (C=O) groups excluding carboxylic acids is 2. The van der Waals surface area contributed by atoms with Gasteiger partial charge in [-0.25, -0.2) is 4.90 Å². The van der Waals surface area contributed by atoms with Crippen molar-refractivity contribution < 1.29 is 23.8 Å². The van der Waals surface area contributed by atoms with Crippen LogP contribution in [0.2, 0.25) is 0 Å². The number of para-hydroxylation sites is 2. The Bertz CT molecular complexity index is 1050. The lowest BCUT2D eigenvalue weighted by molar-refractivity contribution is -0.122. The van der Waals surface area contributed by atoms with Crippen LogP contribution in [0.15, 0.2) is 42.0 Å². The second-order valence-corrected chi connectivity index (χ2v) is 7.65. The van der Waals surface area contributed by atoms with Crippen molar-refractivity contribution in [1.29, 1.82) is 0 Å². The normalized spacial score (nSPS) is 15.3. The summed E-state index contributed by atoms with van der Waals surface area (Å²) in [6, 6.07) is 10.5. The van der Waals surface area contributed by atoms with Gasteiger partial charge in [-0.1, -0.05) is 12.1 Å². The average Bonchev–Trinajstić information content (AvgIpc) is 2.73. The predicted octanol–water partition coefficient (Wildman–Crippen LogP) is 3.54. The number of nitrogens with one attached hydrogen (secondary N) is 1. The molecule has 1 aliphatic heterocycles. The van der Waals surface area contributed by atoms with Crippen molar-refractivity contribution in [1.82, 2.24) is 5.32 Å². The maximum atomic E-state index is 13.2. The van der Waals surface area contributed by atoms with E-state index in [1.807, 2.05) is 13.0 Å². The van der Waals surface area contributed by atoms with E-state index in [4.69, 9.17) is 26.4 Å². The molecule has 0 saturated carbocycles. The number of halogens is 1. The molecule has 7 nitrogen and oxygen atoms in total. The van der Waals surface area contributed by atoms with Crippen LogP contribution in [0.5, 0.6) is 17.2 Å². The fraction of sp³-hybridized carbons (Fsp3) is 0.190. The Labute approximate surface area is 193 Å². The van der Waals surface area contributed by atoms with Crippen LogP contribution in [0, 0.1) is 3.57 Å². The molecule has 0 atom stereocenters. The summed E-state index contributed by atoms with van der Waals surface area (Å²) in [7, 11) is 3.03. The van der Waals surface area contributed by atoms with Crippen molar-refractivity contribution in [2.75, 3.05) is 25.7 Å². The first kappa shape index (κ1) is 22.0. The zero-order chi connectivity index (χ0) is 21.8. The smallest absolute Gasteiger partial charge is 0.270 e. The quantitative estimate of drug-likeness (QED) is 0.263. The van der Waals surface area contributed by atoms with E-state index in [0.29, 0.717) is 35.1 Å². The second kappa shape index (κ2) is 9.43. The minimum absolute atomic E-state index is 0.00879. The summed E-state index contributed by atoms with van der Waals surface area (Å²) in [6.07, 6.45) is 1.50. The Morgan fingerprint density at radius 1 is 1.13 bits per heavy atom. The zero-order valence-corrected chi connectivity index (χ0v) is 19.5. The Kier molecular flexibility index (Phi) is 6.93. The van der Waals surface area contributed by atoms with E-state index in [0.717, 1.165) is 3.57 Å². The molecule has 2 amide bonds. The standard InChI is InChI=1S/C21H19IN2O5S/c1-4-29-18-14(22)10-12(11-17(18)28-3)9-13-19(25)23-21(30)24(20(13)26)15-7-5-6-8-16(15)27-2/h5-11H,4H2,1-3H3,(H,23,25,30)/b13-9-. The molecule has 2 aromatic carbocycles. The number of benzene rings is 2. The number of methoxy groups -OCH3 is 2. The zero-order valence-electron chi connectivity index (χ0n) is 16.5. The molecule has 3 rings (SSSR count). The Balaban J connectivity index is 2.06. The highest BCUT2D eigenvalue weighted by atomic mass is 127. The molecule has 1 aliphatic rings. The molecule has 1 N–H and O–H groups in total. The van der Waals surface area contributed by atoms with Gasteiger partial charge in [0, 0.05) is 0 Å². The number of amides is 2. The lowest BCUT2D eigenvalue weighted by atomic mass is 10.1. The van der Waals surface area contributed by atoms with Crippen molar-refractivity contribution in [3.63, 3.8) is 0 Å². The van der Waals surface area contributed by atoms with E-state index >= 15 is 0 Å². The lowest BCUT2D eigenvalue weighted by Gasteiger charge is -2.29. The summed E-state index contributed by atoms with van der Waals surface area (Å²) < 4.78 is 17.2. The molecule has 9 heteroatoms. The van der Waals surface area contributed by atoms with Gasteiger partial charge >= 0.3 is 0 Å². The van der Waals surface area contributed by atoms with Gasteiger partial charge < -0.3 is 14.2 Å². The number of nitrogens with zero attached hydrogens (tertiary/aromatic N) is 1. The number of hydrogen-bond donors (Lipinski definition) is 1. The largest absolute Gasteiger partial charge is 0.495 e. The summed E-state index contributed by atoms with van der Waals surface area (Å²) in [6.45, 7) is 2.37. The number of rotatable bonds is 6. The van der Waals surface area contributed by atoms with Crippen molar-refractivity contribution in [3.05, 3.63) is 51.1 Å². The Morgan fingerprint density at radius 3 is 2.50 bits per heavy atom. The summed E-state index contributed by atoms with van der Waals surface area (Å²) in [5, 5.41) is 2.56.